The second-order valence-corrected chi connectivity index (χ2v) is 4.09. The molecule has 0 radical (unpaired) electrons. The Morgan fingerprint density at radius 2 is 2.42 bits per heavy atom. The molecule has 0 saturated heterocycles. The summed E-state index contributed by atoms with van der Waals surface area (Å²) in [4.78, 5) is 14.5. The molecule has 0 aliphatic carbocycles. The lowest BCUT2D eigenvalue weighted by Crippen LogP contribution is -2.32. The first kappa shape index (κ1) is 15.3. The van der Waals surface area contributed by atoms with Crippen LogP contribution in [0, 0.1) is 0 Å². The van der Waals surface area contributed by atoms with Crippen molar-refractivity contribution in [1.82, 2.24) is 5.32 Å². The van der Waals surface area contributed by atoms with Gasteiger partial charge >= 0.3 is 5.97 Å². The van der Waals surface area contributed by atoms with E-state index in [2.05, 4.69) is 15.3 Å². The molecule has 0 aliphatic rings. The smallest absolute Gasteiger partial charge is 0.327 e. The van der Waals surface area contributed by atoms with Crippen molar-refractivity contribution >= 4 is 17.6 Å². The second kappa shape index (κ2) is 8.37. The third kappa shape index (κ3) is 5.18. The minimum Gasteiger partial charge on any atom is -0.465 e. The number of ether oxygens (including phenoxy) is 1. The van der Waals surface area contributed by atoms with Gasteiger partial charge in [-0.25, -0.2) is 4.79 Å². The van der Waals surface area contributed by atoms with Gasteiger partial charge in [0.2, 0.25) is 0 Å². The van der Waals surface area contributed by atoms with Crippen LogP contribution in [0.15, 0.2) is 29.4 Å². The van der Waals surface area contributed by atoms with Crippen molar-refractivity contribution in [2.24, 2.45) is 5.11 Å². The van der Waals surface area contributed by atoms with E-state index in [9.17, 15) is 4.79 Å². The van der Waals surface area contributed by atoms with E-state index in [0.29, 0.717) is 23.7 Å². The first-order chi connectivity index (χ1) is 9.19. The molecule has 102 valence electrons. The Kier molecular flexibility index (Phi) is 6.74. The molecule has 1 N–H and O–H groups in total. The van der Waals surface area contributed by atoms with E-state index >= 15 is 0 Å². The summed E-state index contributed by atoms with van der Waals surface area (Å²) in [5.74, 6) is -0.384. The molecule has 0 saturated carbocycles. The maximum absolute atomic E-state index is 11.9. The highest BCUT2D eigenvalue weighted by molar-refractivity contribution is 6.30. The first-order valence-electron chi connectivity index (χ1n) is 5.85. The van der Waals surface area contributed by atoms with E-state index in [1.165, 1.54) is 0 Å². The molecular formula is C12H15ClN4O2. The van der Waals surface area contributed by atoms with E-state index < -0.39 is 6.04 Å². The van der Waals surface area contributed by atoms with Gasteiger partial charge in [-0.15, -0.1) is 0 Å². The fourth-order valence-electron chi connectivity index (χ4n) is 1.55. The van der Waals surface area contributed by atoms with Crippen LogP contribution in [0.5, 0.6) is 0 Å². The molecule has 1 rings (SSSR count). The molecule has 0 heterocycles. The monoisotopic (exact) mass is 282 g/mol. The van der Waals surface area contributed by atoms with Crippen LogP contribution in [-0.4, -0.2) is 25.7 Å². The maximum atomic E-state index is 11.9. The highest BCUT2D eigenvalue weighted by atomic mass is 35.5. The van der Waals surface area contributed by atoms with Crippen LogP contribution in [0.25, 0.3) is 10.4 Å². The lowest BCUT2D eigenvalue weighted by atomic mass is 10.1. The Morgan fingerprint density at radius 1 is 1.63 bits per heavy atom. The summed E-state index contributed by atoms with van der Waals surface area (Å²) < 4.78 is 5.01. The second-order valence-electron chi connectivity index (χ2n) is 3.65. The third-order valence-electron chi connectivity index (χ3n) is 2.33. The molecule has 19 heavy (non-hydrogen) atoms. The number of esters is 1. The van der Waals surface area contributed by atoms with Gasteiger partial charge in [-0.2, -0.15) is 0 Å². The number of hydrogen-bond acceptors (Lipinski definition) is 4. The molecule has 1 aromatic carbocycles. The van der Waals surface area contributed by atoms with Crippen molar-refractivity contribution in [2.45, 2.75) is 13.0 Å². The minimum absolute atomic E-state index is 0.257. The molecule has 0 amide bonds. The predicted molar refractivity (Wildman–Crippen MR) is 72.8 cm³/mol. The number of carbonyl (C=O) groups excluding carboxylic acids is 1. The molecular weight excluding hydrogens is 268 g/mol. The molecule has 1 atom stereocenters. The Balaban J connectivity index is 2.79. The summed E-state index contributed by atoms with van der Waals surface area (Å²) in [6.45, 7) is 2.67. The number of benzene rings is 1. The molecule has 0 spiro atoms. The fraction of sp³-hybridized carbons (Fsp3) is 0.417. The van der Waals surface area contributed by atoms with Crippen LogP contribution >= 0.6 is 11.6 Å². The lowest BCUT2D eigenvalue weighted by Gasteiger charge is -2.17. The summed E-state index contributed by atoms with van der Waals surface area (Å²) in [6, 6.07) is 6.36. The average Bonchev–Trinajstić information content (AvgIpc) is 2.39. The van der Waals surface area contributed by atoms with Crippen molar-refractivity contribution in [3.8, 4) is 0 Å². The van der Waals surface area contributed by atoms with E-state index in [1.807, 2.05) is 0 Å². The Labute approximate surface area is 116 Å². The van der Waals surface area contributed by atoms with Gasteiger partial charge in [-0.05, 0) is 30.2 Å². The highest BCUT2D eigenvalue weighted by Gasteiger charge is 2.21. The van der Waals surface area contributed by atoms with E-state index in [4.69, 9.17) is 21.9 Å². The molecule has 0 aromatic heterocycles. The van der Waals surface area contributed by atoms with Crippen LogP contribution < -0.4 is 5.32 Å². The Morgan fingerprint density at radius 3 is 3.05 bits per heavy atom. The van der Waals surface area contributed by atoms with Gasteiger partial charge in [-0.1, -0.05) is 28.8 Å². The summed E-state index contributed by atoms with van der Waals surface area (Å²) in [5.41, 5.74) is 8.91. The summed E-state index contributed by atoms with van der Waals surface area (Å²) in [7, 11) is 0. The molecule has 0 fully saturated rings. The van der Waals surface area contributed by atoms with E-state index in [-0.39, 0.29) is 12.5 Å². The minimum atomic E-state index is -0.618. The van der Waals surface area contributed by atoms with Gasteiger partial charge in [-0.3, -0.25) is 0 Å². The van der Waals surface area contributed by atoms with Crippen LogP contribution in [-0.2, 0) is 9.53 Å². The van der Waals surface area contributed by atoms with Crippen LogP contribution in [0.1, 0.15) is 18.5 Å². The van der Waals surface area contributed by atoms with Crippen molar-refractivity contribution in [2.75, 3.05) is 19.7 Å². The van der Waals surface area contributed by atoms with E-state index in [1.54, 1.807) is 31.2 Å². The number of carbonyl (C=O) groups is 1. The van der Waals surface area contributed by atoms with Crippen molar-refractivity contribution in [3.63, 3.8) is 0 Å². The molecule has 7 heteroatoms. The quantitative estimate of drug-likeness (QED) is 0.274. The zero-order valence-corrected chi connectivity index (χ0v) is 11.3. The fourth-order valence-corrected chi connectivity index (χ4v) is 1.75. The predicted octanol–water partition coefficient (Wildman–Crippen LogP) is 2.84. The van der Waals surface area contributed by atoms with Gasteiger partial charge in [0.05, 0.1) is 6.61 Å². The number of azide groups is 1. The first-order valence-corrected chi connectivity index (χ1v) is 6.23. The highest BCUT2D eigenvalue weighted by Crippen LogP contribution is 2.19. The summed E-state index contributed by atoms with van der Waals surface area (Å²) in [5, 5.41) is 6.93. The van der Waals surface area contributed by atoms with E-state index in [0.717, 1.165) is 0 Å². The zero-order chi connectivity index (χ0) is 14.1. The molecule has 0 bridgehead atoms. The zero-order valence-electron chi connectivity index (χ0n) is 10.5. The molecule has 1 unspecified atom stereocenters. The number of nitrogens with one attached hydrogen (secondary N) is 1. The van der Waals surface area contributed by atoms with Crippen molar-refractivity contribution < 1.29 is 9.53 Å². The third-order valence-corrected chi connectivity index (χ3v) is 2.56. The molecule has 0 aliphatic heterocycles. The number of nitrogens with zero attached hydrogens (tertiary/aromatic N) is 3. The van der Waals surface area contributed by atoms with Gasteiger partial charge in [0, 0.05) is 23.0 Å². The SMILES string of the molecule is CCOC(=O)C(NCCN=[N+]=[N-])c1cccc(Cl)c1. The van der Waals surface area contributed by atoms with Gasteiger partial charge in [0.25, 0.3) is 0 Å². The Hall–Kier alpha value is -1.75. The van der Waals surface area contributed by atoms with Gasteiger partial charge < -0.3 is 10.1 Å². The average molecular weight is 283 g/mol. The van der Waals surface area contributed by atoms with Crippen molar-refractivity contribution in [3.05, 3.63) is 45.3 Å². The topological polar surface area (TPSA) is 87.1 Å². The van der Waals surface area contributed by atoms with Crippen LogP contribution in [0.3, 0.4) is 0 Å². The number of halogens is 1. The van der Waals surface area contributed by atoms with Crippen LogP contribution in [0.2, 0.25) is 5.02 Å². The Bertz CT molecular complexity index is 475. The van der Waals surface area contributed by atoms with Crippen LogP contribution in [0.4, 0.5) is 0 Å². The standard InChI is InChI=1S/C12H15ClN4O2/c1-2-19-12(18)11(15-6-7-16-17-14)9-4-3-5-10(13)8-9/h3-5,8,11,15H,2,6-7H2,1H3. The summed E-state index contributed by atoms with van der Waals surface area (Å²) >= 11 is 5.91. The molecule has 1 aromatic rings. The van der Waals surface area contributed by atoms with Gasteiger partial charge in [0.1, 0.15) is 6.04 Å². The van der Waals surface area contributed by atoms with Crippen molar-refractivity contribution in [1.29, 1.82) is 0 Å². The maximum Gasteiger partial charge on any atom is 0.327 e. The largest absolute Gasteiger partial charge is 0.465 e. The molecule has 6 nitrogen and oxygen atoms in total. The number of rotatable bonds is 7. The summed E-state index contributed by atoms with van der Waals surface area (Å²) in [6.07, 6.45) is 0. The normalized spacial score (nSPS) is 11.5. The van der Waals surface area contributed by atoms with Gasteiger partial charge in [0.15, 0.2) is 0 Å². The lowest BCUT2D eigenvalue weighted by molar-refractivity contribution is -0.145. The number of hydrogen-bond donors (Lipinski definition) is 1.